The van der Waals surface area contributed by atoms with Gasteiger partial charge >= 0.3 is 0 Å². The van der Waals surface area contributed by atoms with Gasteiger partial charge in [-0.25, -0.2) is 4.39 Å². The van der Waals surface area contributed by atoms with Crippen LogP contribution in [0, 0.1) is 5.82 Å². The van der Waals surface area contributed by atoms with Crippen LogP contribution in [-0.4, -0.2) is 20.3 Å². The van der Waals surface area contributed by atoms with Gasteiger partial charge in [0.05, 0.1) is 12.0 Å². The van der Waals surface area contributed by atoms with Crippen LogP contribution in [0.2, 0.25) is 0 Å². The third-order valence-corrected chi connectivity index (χ3v) is 3.83. The maximum Gasteiger partial charge on any atom is 0.284 e. The van der Waals surface area contributed by atoms with Crippen molar-refractivity contribution >= 4 is 11.8 Å². The topological polar surface area (TPSA) is 91.0 Å². The third kappa shape index (κ3) is 3.06. The van der Waals surface area contributed by atoms with Crippen LogP contribution < -0.4 is 0 Å². The molecule has 0 aliphatic carbocycles. The summed E-state index contributed by atoms with van der Waals surface area (Å²) in [5.74, 6) is 1.66. The van der Waals surface area contributed by atoms with E-state index in [1.807, 2.05) is 0 Å². The second-order valence-corrected chi connectivity index (χ2v) is 5.58. The van der Waals surface area contributed by atoms with Gasteiger partial charge in [0.15, 0.2) is 5.76 Å². The second-order valence-electron chi connectivity index (χ2n) is 4.66. The number of hydrogen-bond acceptors (Lipinski definition) is 8. The van der Waals surface area contributed by atoms with Crippen molar-refractivity contribution in [1.82, 2.24) is 20.3 Å². The Labute approximate surface area is 138 Å². The summed E-state index contributed by atoms with van der Waals surface area (Å²) in [6.07, 6.45) is 1.53. The Balaban J connectivity index is 1.42. The smallest absolute Gasteiger partial charge is 0.284 e. The number of hydrogen-bond donors (Lipinski definition) is 0. The van der Waals surface area contributed by atoms with Crippen molar-refractivity contribution in [2.45, 2.75) is 11.0 Å². The number of halogens is 1. The fourth-order valence-electron chi connectivity index (χ4n) is 1.92. The Morgan fingerprint density at radius 2 is 1.96 bits per heavy atom. The van der Waals surface area contributed by atoms with E-state index in [0.29, 0.717) is 39.9 Å². The molecular formula is C15H9FN4O3S. The van der Waals surface area contributed by atoms with E-state index in [2.05, 4.69) is 20.3 Å². The van der Waals surface area contributed by atoms with E-state index >= 15 is 0 Å². The van der Waals surface area contributed by atoms with Gasteiger partial charge in [0.25, 0.3) is 11.1 Å². The predicted octanol–water partition coefficient (Wildman–Crippen LogP) is 3.81. The monoisotopic (exact) mass is 344 g/mol. The van der Waals surface area contributed by atoms with Gasteiger partial charge < -0.3 is 13.4 Å². The molecule has 0 radical (unpaired) electrons. The van der Waals surface area contributed by atoms with Crippen molar-refractivity contribution in [2.75, 3.05) is 0 Å². The average molecular weight is 344 g/mol. The molecule has 120 valence electrons. The summed E-state index contributed by atoms with van der Waals surface area (Å²) < 4.78 is 28.7. The molecule has 0 aliphatic rings. The lowest BCUT2D eigenvalue weighted by Crippen LogP contribution is -1.83. The molecule has 24 heavy (non-hydrogen) atoms. The molecule has 0 unspecified atom stereocenters. The Morgan fingerprint density at radius 3 is 2.75 bits per heavy atom. The molecule has 0 saturated heterocycles. The first-order chi connectivity index (χ1) is 11.8. The molecule has 0 spiro atoms. The van der Waals surface area contributed by atoms with Crippen molar-refractivity contribution in [3.05, 3.63) is 54.4 Å². The molecule has 0 bridgehead atoms. The van der Waals surface area contributed by atoms with Crippen molar-refractivity contribution in [1.29, 1.82) is 0 Å². The second kappa shape index (κ2) is 6.28. The molecule has 7 nitrogen and oxygen atoms in total. The summed E-state index contributed by atoms with van der Waals surface area (Å²) in [6.45, 7) is 0. The van der Waals surface area contributed by atoms with E-state index in [4.69, 9.17) is 13.4 Å². The fraction of sp³-hybridized carbons (Fsp3) is 0.0667. The fourth-order valence-corrected chi connectivity index (χ4v) is 2.52. The minimum atomic E-state index is -0.318. The molecule has 4 aromatic rings. The first kappa shape index (κ1) is 14.6. The van der Waals surface area contributed by atoms with Gasteiger partial charge in [0.1, 0.15) is 5.82 Å². The Hall–Kier alpha value is -2.94. The first-order valence-electron chi connectivity index (χ1n) is 6.86. The van der Waals surface area contributed by atoms with Gasteiger partial charge in [-0.2, -0.15) is 4.98 Å². The SMILES string of the molecule is Fc1ccc(-c2noc(CSc3nnc(-c4ccco4)o3)n2)cc1. The first-order valence-corrected chi connectivity index (χ1v) is 7.85. The Bertz CT molecular complexity index is 934. The molecule has 4 rings (SSSR count). The van der Waals surface area contributed by atoms with Crippen molar-refractivity contribution in [3.63, 3.8) is 0 Å². The maximum atomic E-state index is 12.9. The van der Waals surface area contributed by atoms with Crippen LogP contribution in [0.4, 0.5) is 4.39 Å². The van der Waals surface area contributed by atoms with Crippen LogP contribution in [0.15, 0.2) is 61.2 Å². The van der Waals surface area contributed by atoms with Crippen LogP contribution in [0.3, 0.4) is 0 Å². The highest BCUT2D eigenvalue weighted by Crippen LogP contribution is 2.26. The quantitative estimate of drug-likeness (QED) is 0.505. The predicted molar refractivity (Wildman–Crippen MR) is 81.3 cm³/mol. The molecular weight excluding hydrogens is 335 g/mol. The lowest BCUT2D eigenvalue weighted by Gasteiger charge is -1.92. The highest BCUT2D eigenvalue weighted by Gasteiger charge is 2.14. The summed E-state index contributed by atoms with van der Waals surface area (Å²) in [6, 6.07) is 9.33. The summed E-state index contributed by atoms with van der Waals surface area (Å²) in [7, 11) is 0. The number of furan rings is 1. The molecule has 0 atom stereocenters. The normalized spacial score (nSPS) is 11.0. The van der Waals surface area contributed by atoms with E-state index in [1.54, 1.807) is 24.3 Å². The van der Waals surface area contributed by atoms with Gasteiger partial charge in [0, 0.05) is 5.56 Å². The molecule has 9 heteroatoms. The van der Waals surface area contributed by atoms with Gasteiger partial charge in [0.2, 0.25) is 11.7 Å². The van der Waals surface area contributed by atoms with Gasteiger partial charge in [-0.1, -0.05) is 16.9 Å². The summed E-state index contributed by atoms with van der Waals surface area (Å²) in [4.78, 5) is 4.25. The van der Waals surface area contributed by atoms with Crippen molar-refractivity contribution in [2.24, 2.45) is 0 Å². The highest BCUT2D eigenvalue weighted by molar-refractivity contribution is 7.98. The van der Waals surface area contributed by atoms with Gasteiger partial charge in [-0.15, -0.1) is 10.2 Å². The van der Waals surface area contributed by atoms with E-state index in [9.17, 15) is 4.39 Å². The number of aromatic nitrogens is 4. The molecule has 0 fully saturated rings. The molecule has 0 saturated carbocycles. The highest BCUT2D eigenvalue weighted by atomic mass is 32.2. The van der Waals surface area contributed by atoms with Crippen LogP contribution in [0.1, 0.15) is 5.89 Å². The molecule has 0 aliphatic heterocycles. The van der Waals surface area contributed by atoms with Gasteiger partial charge in [-0.3, -0.25) is 0 Å². The third-order valence-electron chi connectivity index (χ3n) is 3.03. The van der Waals surface area contributed by atoms with Crippen LogP contribution in [0.25, 0.3) is 23.0 Å². The van der Waals surface area contributed by atoms with Gasteiger partial charge in [-0.05, 0) is 36.4 Å². The largest absolute Gasteiger partial charge is 0.459 e. The molecule has 0 amide bonds. The van der Waals surface area contributed by atoms with E-state index in [1.165, 1.54) is 30.2 Å². The zero-order valence-corrected chi connectivity index (χ0v) is 12.9. The summed E-state index contributed by atoms with van der Waals surface area (Å²) >= 11 is 1.26. The molecule has 3 aromatic heterocycles. The Kier molecular flexibility index (Phi) is 3.83. The minimum Gasteiger partial charge on any atom is -0.459 e. The number of nitrogens with zero attached hydrogens (tertiary/aromatic N) is 4. The lowest BCUT2D eigenvalue weighted by atomic mass is 10.2. The molecule has 1 aromatic carbocycles. The van der Waals surface area contributed by atoms with E-state index in [0.717, 1.165) is 0 Å². The molecule has 0 N–H and O–H groups in total. The van der Waals surface area contributed by atoms with Crippen molar-refractivity contribution in [3.8, 4) is 23.0 Å². The van der Waals surface area contributed by atoms with Crippen LogP contribution in [-0.2, 0) is 5.75 Å². The van der Waals surface area contributed by atoms with Crippen LogP contribution >= 0.6 is 11.8 Å². The standard InChI is InChI=1S/C15H9FN4O3S/c16-10-5-3-9(4-6-10)13-17-12(23-20-13)8-24-15-19-18-14(22-15)11-2-1-7-21-11/h1-7H,8H2. The summed E-state index contributed by atoms with van der Waals surface area (Å²) in [5.41, 5.74) is 0.675. The maximum absolute atomic E-state index is 12.9. The zero-order chi connectivity index (χ0) is 16.4. The zero-order valence-electron chi connectivity index (χ0n) is 12.0. The Morgan fingerprint density at radius 1 is 1.08 bits per heavy atom. The van der Waals surface area contributed by atoms with Crippen molar-refractivity contribution < 1.29 is 17.7 Å². The number of thioether (sulfide) groups is 1. The summed E-state index contributed by atoms with van der Waals surface area (Å²) in [5, 5.41) is 12.0. The van der Waals surface area contributed by atoms with E-state index < -0.39 is 0 Å². The number of benzene rings is 1. The lowest BCUT2D eigenvalue weighted by molar-refractivity contribution is 0.390. The molecule has 3 heterocycles. The van der Waals surface area contributed by atoms with E-state index in [-0.39, 0.29) is 5.82 Å². The number of rotatable bonds is 5. The van der Waals surface area contributed by atoms with Crippen LogP contribution in [0.5, 0.6) is 0 Å². The minimum absolute atomic E-state index is 0.306. The average Bonchev–Trinajstić information content (AvgIpc) is 3.34.